The van der Waals surface area contributed by atoms with Crippen molar-refractivity contribution in [1.82, 2.24) is 9.88 Å². The van der Waals surface area contributed by atoms with E-state index < -0.39 is 5.97 Å². The number of hydrogen-bond acceptors (Lipinski definition) is 4. The number of hydrogen-bond donors (Lipinski definition) is 1. The number of carboxylic acid groups (broad SMARTS) is 1. The Labute approximate surface area is 138 Å². The lowest BCUT2D eigenvalue weighted by Crippen LogP contribution is -2.37. The van der Waals surface area contributed by atoms with Crippen LogP contribution in [-0.4, -0.2) is 39.5 Å². The van der Waals surface area contributed by atoms with Crippen molar-refractivity contribution in [1.29, 1.82) is 0 Å². The summed E-state index contributed by atoms with van der Waals surface area (Å²) >= 11 is 1.61. The first kappa shape index (κ1) is 15.7. The van der Waals surface area contributed by atoms with Gasteiger partial charge in [0.05, 0.1) is 28.2 Å². The van der Waals surface area contributed by atoms with Crippen LogP contribution < -0.4 is 0 Å². The summed E-state index contributed by atoms with van der Waals surface area (Å²) < 4.78 is 0. The second-order valence-electron chi connectivity index (χ2n) is 5.70. The van der Waals surface area contributed by atoms with Gasteiger partial charge >= 0.3 is 5.97 Å². The summed E-state index contributed by atoms with van der Waals surface area (Å²) in [6.45, 7) is 2.44. The SMILES string of the molecule is Cc1nc(-c2cccs2)ccc1C(=O)N1CCCC1CC(=O)O. The molecule has 1 saturated heterocycles. The number of aromatic nitrogens is 1. The molecule has 1 fully saturated rings. The molecule has 1 atom stereocenters. The normalized spacial score (nSPS) is 17.4. The number of rotatable bonds is 4. The number of pyridine rings is 1. The first-order chi connectivity index (χ1) is 11.1. The third-order valence-electron chi connectivity index (χ3n) is 4.14. The number of carbonyl (C=O) groups excluding carboxylic acids is 1. The lowest BCUT2D eigenvalue weighted by Gasteiger charge is -2.24. The number of aliphatic carboxylic acids is 1. The molecule has 1 N–H and O–H groups in total. The summed E-state index contributed by atoms with van der Waals surface area (Å²) in [5.41, 5.74) is 2.10. The molecule has 0 spiro atoms. The second kappa shape index (κ2) is 6.50. The zero-order valence-electron chi connectivity index (χ0n) is 12.9. The Hall–Kier alpha value is -2.21. The molecule has 23 heavy (non-hydrogen) atoms. The van der Waals surface area contributed by atoms with Gasteiger partial charge in [-0.2, -0.15) is 0 Å². The second-order valence-corrected chi connectivity index (χ2v) is 6.65. The van der Waals surface area contributed by atoms with Gasteiger partial charge in [-0.05, 0) is 43.3 Å². The number of likely N-dealkylation sites (tertiary alicyclic amines) is 1. The van der Waals surface area contributed by atoms with Crippen molar-refractivity contribution in [3.63, 3.8) is 0 Å². The molecule has 120 valence electrons. The standard InChI is InChI=1S/C17H18N2O3S/c1-11-13(6-7-14(18-11)15-5-3-9-23-15)17(22)19-8-2-4-12(19)10-16(20)21/h3,5-7,9,12H,2,4,8,10H2,1H3,(H,20,21). The Balaban J connectivity index is 1.83. The largest absolute Gasteiger partial charge is 0.481 e. The zero-order chi connectivity index (χ0) is 16.4. The van der Waals surface area contributed by atoms with Crippen molar-refractivity contribution < 1.29 is 14.7 Å². The van der Waals surface area contributed by atoms with Crippen LogP contribution in [0.4, 0.5) is 0 Å². The summed E-state index contributed by atoms with van der Waals surface area (Å²) in [4.78, 5) is 31.0. The molecule has 1 aliphatic heterocycles. The highest BCUT2D eigenvalue weighted by atomic mass is 32.1. The van der Waals surface area contributed by atoms with Gasteiger partial charge in [0.1, 0.15) is 0 Å². The third-order valence-corrected chi connectivity index (χ3v) is 5.03. The fourth-order valence-electron chi connectivity index (χ4n) is 3.02. The number of carboxylic acids is 1. The Morgan fingerprint density at radius 3 is 2.87 bits per heavy atom. The first-order valence-corrected chi connectivity index (χ1v) is 8.48. The Bertz CT molecular complexity index is 727. The molecule has 3 heterocycles. The molecule has 2 aromatic heterocycles. The zero-order valence-corrected chi connectivity index (χ0v) is 13.7. The van der Waals surface area contributed by atoms with E-state index in [-0.39, 0.29) is 18.4 Å². The van der Waals surface area contributed by atoms with Crippen LogP contribution in [0, 0.1) is 6.92 Å². The number of aryl methyl sites for hydroxylation is 1. The van der Waals surface area contributed by atoms with Crippen LogP contribution in [0.2, 0.25) is 0 Å². The smallest absolute Gasteiger partial charge is 0.305 e. The molecule has 3 rings (SSSR count). The van der Waals surface area contributed by atoms with E-state index in [2.05, 4.69) is 4.98 Å². The van der Waals surface area contributed by atoms with Crippen LogP contribution in [0.25, 0.3) is 10.6 Å². The first-order valence-electron chi connectivity index (χ1n) is 7.60. The molecule has 1 amide bonds. The lowest BCUT2D eigenvalue weighted by molar-refractivity contribution is -0.137. The van der Waals surface area contributed by atoms with Crippen molar-refractivity contribution in [2.24, 2.45) is 0 Å². The van der Waals surface area contributed by atoms with Crippen molar-refractivity contribution in [3.8, 4) is 10.6 Å². The molecule has 0 saturated carbocycles. The quantitative estimate of drug-likeness (QED) is 0.934. The van der Waals surface area contributed by atoms with Crippen molar-refractivity contribution in [3.05, 3.63) is 40.9 Å². The average Bonchev–Trinajstić information content (AvgIpc) is 3.17. The lowest BCUT2D eigenvalue weighted by atomic mass is 10.1. The van der Waals surface area contributed by atoms with Gasteiger partial charge < -0.3 is 10.0 Å². The fourth-order valence-corrected chi connectivity index (χ4v) is 3.72. The van der Waals surface area contributed by atoms with E-state index in [0.29, 0.717) is 17.8 Å². The van der Waals surface area contributed by atoms with Crippen LogP contribution in [0.5, 0.6) is 0 Å². The monoisotopic (exact) mass is 330 g/mol. The van der Waals surface area contributed by atoms with Crippen LogP contribution in [0.1, 0.15) is 35.3 Å². The van der Waals surface area contributed by atoms with E-state index in [4.69, 9.17) is 5.11 Å². The molecular weight excluding hydrogens is 312 g/mol. The highest BCUT2D eigenvalue weighted by Gasteiger charge is 2.31. The van der Waals surface area contributed by atoms with Gasteiger partial charge in [0.15, 0.2) is 0 Å². The number of carbonyl (C=O) groups is 2. The Morgan fingerprint density at radius 2 is 2.22 bits per heavy atom. The minimum absolute atomic E-state index is 0.00545. The average molecular weight is 330 g/mol. The van der Waals surface area contributed by atoms with Gasteiger partial charge in [-0.15, -0.1) is 11.3 Å². The minimum atomic E-state index is -0.863. The maximum absolute atomic E-state index is 12.8. The predicted octanol–water partition coefficient (Wildman–Crippen LogP) is 3.20. The highest BCUT2D eigenvalue weighted by Crippen LogP contribution is 2.26. The van der Waals surface area contributed by atoms with Crippen LogP contribution in [0.3, 0.4) is 0 Å². The number of thiophene rings is 1. The number of amides is 1. The van der Waals surface area contributed by atoms with Gasteiger partial charge in [0.2, 0.25) is 0 Å². The summed E-state index contributed by atoms with van der Waals surface area (Å²) in [7, 11) is 0. The summed E-state index contributed by atoms with van der Waals surface area (Å²) in [5, 5.41) is 11.0. The Morgan fingerprint density at radius 1 is 1.39 bits per heavy atom. The van der Waals surface area contributed by atoms with Crippen LogP contribution >= 0.6 is 11.3 Å². The molecule has 0 aliphatic carbocycles. The van der Waals surface area contributed by atoms with Crippen molar-refractivity contribution >= 4 is 23.2 Å². The maximum Gasteiger partial charge on any atom is 0.305 e. The van der Waals surface area contributed by atoms with E-state index >= 15 is 0 Å². The molecule has 0 aromatic carbocycles. The van der Waals surface area contributed by atoms with Gasteiger partial charge in [-0.3, -0.25) is 14.6 Å². The molecular formula is C17H18N2O3S. The molecule has 6 heteroatoms. The van der Waals surface area contributed by atoms with Gasteiger partial charge in [0.25, 0.3) is 5.91 Å². The van der Waals surface area contributed by atoms with Gasteiger partial charge in [-0.25, -0.2) is 0 Å². The van der Waals surface area contributed by atoms with E-state index in [0.717, 1.165) is 23.4 Å². The third kappa shape index (κ3) is 3.27. The molecule has 5 nitrogen and oxygen atoms in total. The van der Waals surface area contributed by atoms with Crippen molar-refractivity contribution in [2.45, 2.75) is 32.2 Å². The molecule has 0 radical (unpaired) electrons. The van der Waals surface area contributed by atoms with Gasteiger partial charge in [-0.1, -0.05) is 6.07 Å². The predicted molar refractivity (Wildman–Crippen MR) is 88.6 cm³/mol. The molecule has 0 bridgehead atoms. The van der Waals surface area contributed by atoms with E-state index in [1.54, 1.807) is 22.3 Å². The molecule has 1 unspecified atom stereocenters. The minimum Gasteiger partial charge on any atom is -0.481 e. The molecule has 1 aliphatic rings. The summed E-state index contributed by atoms with van der Waals surface area (Å²) in [5.74, 6) is -0.978. The topological polar surface area (TPSA) is 70.5 Å². The fraction of sp³-hybridized carbons (Fsp3) is 0.353. The van der Waals surface area contributed by atoms with Crippen molar-refractivity contribution in [2.75, 3.05) is 6.54 Å². The van der Waals surface area contributed by atoms with E-state index in [1.165, 1.54) is 0 Å². The van der Waals surface area contributed by atoms with Crippen LogP contribution in [0.15, 0.2) is 29.6 Å². The number of nitrogens with zero attached hydrogens (tertiary/aromatic N) is 2. The van der Waals surface area contributed by atoms with Crippen LogP contribution in [-0.2, 0) is 4.79 Å². The maximum atomic E-state index is 12.8. The van der Waals surface area contributed by atoms with E-state index in [9.17, 15) is 9.59 Å². The van der Waals surface area contributed by atoms with Gasteiger partial charge in [0, 0.05) is 12.6 Å². The highest BCUT2D eigenvalue weighted by molar-refractivity contribution is 7.13. The summed E-state index contributed by atoms with van der Waals surface area (Å²) in [6.07, 6.45) is 1.60. The van der Waals surface area contributed by atoms with E-state index in [1.807, 2.05) is 30.5 Å². The summed E-state index contributed by atoms with van der Waals surface area (Å²) in [6, 6.07) is 7.41. The molecule has 2 aromatic rings. The Kier molecular flexibility index (Phi) is 4.43.